The Balaban J connectivity index is 1.69. The predicted octanol–water partition coefficient (Wildman–Crippen LogP) is 0.133. The van der Waals surface area contributed by atoms with E-state index in [1.54, 1.807) is 0 Å². The zero-order valence-electron chi connectivity index (χ0n) is 10.5. The molecule has 4 nitrogen and oxygen atoms in total. The molecule has 2 N–H and O–H groups in total. The van der Waals surface area contributed by atoms with Crippen molar-refractivity contribution in [1.82, 2.24) is 15.5 Å². The highest BCUT2D eigenvalue weighted by Gasteiger charge is 2.27. The molecule has 0 aromatic heterocycles. The van der Waals surface area contributed by atoms with E-state index in [9.17, 15) is 4.79 Å². The van der Waals surface area contributed by atoms with Crippen molar-refractivity contribution >= 4 is 5.91 Å². The molecule has 0 bridgehead atoms. The van der Waals surface area contributed by atoms with Gasteiger partial charge >= 0.3 is 0 Å². The van der Waals surface area contributed by atoms with Crippen molar-refractivity contribution in [2.45, 2.75) is 19.0 Å². The number of carbonyl (C=O) groups is 1. The molecule has 4 heteroatoms. The van der Waals surface area contributed by atoms with Crippen molar-refractivity contribution in [2.75, 3.05) is 26.2 Å². The third-order valence-corrected chi connectivity index (χ3v) is 3.78. The van der Waals surface area contributed by atoms with Crippen LogP contribution in [0.2, 0.25) is 0 Å². The number of nitrogens with zero attached hydrogens (tertiary/aromatic N) is 1. The number of hydrogen-bond acceptors (Lipinski definition) is 3. The van der Waals surface area contributed by atoms with Crippen LogP contribution >= 0.6 is 0 Å². The molecule has 3 rings (SSSR count). The normalized spacial score (nSPS) is 23.6. The molecule has 1 aromatic rings. The Labute approximate surface area is 107 Å². The zero-order valence-corrected chi connectivity index (χ0v) is 10.5. The topological polar surface area (TPSA) is 44.4 Å². The fourth-order valence-corrected chi connectivity index (χ4v) is 2.73. The summed E-state index contributed by atoms with van der Waals surface area (Å²) in [7, 11) is 0. The minimum absolute atomic E-state index is 0.0518. The Hall–Kier alpha value is -1.39. The first-order chi connectivity index (χ1) is 8.84. The predicted molar refractivity (Wildman–Crippen MR) is 70.2 cm³/mol. The highest BCUT2D eigenvalue weighted by atomic mass is 16.2. The van der Waals surface area contributed by atoms with E-state index >= 15 is 0 Å². The van der Waals surface area contributed by atoms with Crippen molar-refractivity contribution in [3.63, 3.8) is 0 Å². The average Bonchev–Trinajstić information content (AvgIpc) is 2.47. The van der Waals surface area contributed by atoms with E-state index in [0.717, 1.165) is 39.1 Å². The van der Waals surface area contributed by atoms with E-state index < -0.39 is 0 Å². The van der Waals surface area contributed by atoms with Crippen LogP contribution in [0.5, 0.6) is 0 Å². The second kappa shape index (κ2) is 5.08. The fourth-order valence-electron chi connectivity index (χ4n) is 2.73. The minimum atomic E-state index is -0.0518. The SMILES string of the molecule is O=C(C1CNCCN1)N1CCc2ccccc2C1. The van der Waals surface area contributed by atoms with E-state index in [0.29, 0.717) is 0 Å². The van der Waals surface area contributed by atoms with Gasteiger partial charge in [0.05, 0.1) is 6.04 Å². The second-order valence-corrected chi connectivity index (χ2v) is 4.99. The summed E-state index contributed by atoms with van der Waals surface area (Å²) in [5.41, 5.74) is 2.68. The maximum atomic E-state index is 12.4. The molecule has 1 unspecified atom stereocenters. The monoisotopic (exact) mass is 245 g/mol. The molecule has 0 spiro atoms. The largest absolute Gasteiger partial charge is 0.337 e. The van der Waals surface area contributed by atoms with Gasteiger partial charge < -0.3 is 15.5 Å². The molecule has 1 aromatic carbocycles. The summed E-state index contributed by atoms with van der Waals surface area (Å²) in [4.78, 5) is 14.4. The van der Waals surface area contributed by atoms with Gasteiger partial charge in [0.15, 0.2) is 0 Å². The molecule has 0 saturated carbocycles. The number of fused-ring (bicyclic) bond motifs is 1. The van der Waals surface area contributed by atoms with Crippen LogP contribution in [0.25, 0.3) is 0 Å². The van der Waals surface area contributed by atoms with Crippen molar-refractivity contribution in [3.8, 4) is 0 Å². The van der Waals surface area contributed by atoms with Crippen molar-refractivity contribution in [3.05, 3.63) is 35.4 Å². The van der Waals surface area contributed by atoms with Gasteiger partial charge in [0.1, 0.15) is 0 Å². The number of amides is 1. The molecule has 2 heterocycles. The lowest BCUT2D eigenvalue weighted by Crippen LogP contribution is -2.57. The van der Waals surface area contributed by atoms with E-state index in [-0.39, 0.29) is 11.9 Å². The molecular weight excluding hydrogens is 226 g/mol. The Morgan fingerprint density at radius 3 is 2.83 bits per heavy atom. The van der Waals surface area contributed by atoms with Gasteiger partial charge in [-0.05, 0) is 17.5 Å². The molecule has 1 atom stereocenters. The molecule has 2 aliphatic rings. The molecule has 0 radical (unpaired) electrons. The molecule has 1 fully saturated rings. The number of carbonyl (C=O) groups excluding carboxylic acids is 1. The maximum Gasteiger partial charge on any atom is 0.241 e. The van der Waals surface area contributed by atoms with E-state index in [1.807, 2.05) is 11.0 Å². The van der Waals surface area contributed by atoms with Gasteiger partial charge in [0, 0.05) is 32.7 Å². The summed E-state index contributed by atoms with van der Waals surface area (Å²) in [5, 5.41) is 6.55. The summed E-state index contributed by atoms with van der Waals surface area (Å²) >= 11 is 0. The zero-order chi connectivity index (χ0) is 12.4. The molecule has 1 saturated heterocycles. The summed E-state index contributed by atoms with van der Waals surface area (Å²) in [6.45, 7) is 4.17. The molecule has 96 valence electrons. The number of benzene rings is 1. The lowest BCUT2D eigenvalue weighted by Gasteiger charge is -2.33. The first kappa shape index (κ1) is 11.7. The van der Waals surface area contributed by atoms with Crippen LogP contribution in [-0.4, -0.2) is 43.0 Å². The average molecular weight is 245 g/mol. The Bertz CT molecular complexity index is 440. The van der Waals surface area contributed by atoms with Crippen molar-refractivity contribution in [2.24, 2.45) is 0 Å². The first-order valence-corrected chi connectivity index (χ1v) is 6.64. The van der Waals surface area contributed by atoms with E-state index in [4.69, 9.17) is 0 Å². The van der Waals surface area contributed by atoms with Crippen LogP contribution < -0.4 is 10.6 Å². The van der Waals surface area contributed by atoms with Gasteiger partial charge in [-0.25, -0.2) is 0 Å². The summed E-state index contributed by atoms with van der Waals surface area (Å²) in [6.07, 6.45) is 0.974. The summed E-state index contributed by atoms with van der Waals surface area (Å²) in [5.74, 6) is 0.233. The van der Waals surface area contributed by atoms with E-state index in [1.165, 1.54) is 11.1 Å². The molecule has 18 heavy (non-hydrogen) atoms. The lowest BCUT2D eigenvalue weighted by molar-refractivity contribution is -0.134. The van der Waals surface area contributed by atoms with Crippen molar-refractivity contribution < 1.29 is 4.79 Å². The number of rotatable bonds is 1. The number of piperazine rings is 1. The van der Waals surface area contributed by atoms with Gasteiger partial charge in [-0.3, -0.25) is 4.79 Å². The summed E-state index contributed by atoms with van der Waals surface area (Å²) in [6, 6.07) is 8.36. The van der Waals surface area contributed by atoms with Crippen LogP contribution in [0.15, 0.2) is 24.3 Å². The van der Waals surface area contributed by atoms with Gasteiger partial charge in [-0.2, -0.15) is 0 Å². The molecule has 0 aliphatic carbocycles. The van der Waals surface area contributed by atoms with Crippen LogP contribution in [0.4, 0.5) is 0 Å². The smallest absolute Gasteiger partial charge is 0.241 e. The first-order valence-electron chi connectivity index (χ1n) is 6.64. The Kier molecular flexibility index (Phi) is 3.30. The van der Waals surface area contributed by atoms with Crippen LogP contribution in [-0.2, 0) is 17.8 Å². The lowest BCUT2D eigenvalue weighted by atomic mass is 9.99. The van der Waals surface area contributed by atoms with Crippen LogP contribution in [0.3, 0.4) is 0 Å². The van der Waals surface area contributed by atoms with Crippen molar-refractivity contribution in [1.29, 1.82) is 0 Å². The quantitative estimate of drug-likeness (QED) is 0.739. The highest BCUT2D eigenvalue weighted by molar-refractivity contribution is 5.82. The number of nitrogens with one attached hydrogen (secondary N) is 2. The fraction of sp³-hybridized carbons (Fsp3) is 0.500. The Morgan fingerprint density at radius 1 is 1.22 bits per heavy atom. The van der Waals surface area contributed by atoms with Gasteiger partial charge in [0.25, 0.3) is 0 Å². The highest BCUT2D eigenvalue weighted by Crippen LogP contribution is 2.19. The summed E-state index contributed by atoms with van der Waals surface area (Å²) < 4.78 is 0. The van der Waals surface area contributed by atoms with Crippen LogP contribution in [0, 0.1) is 0 Å². The Morgan fingerprint density at radius 2 is 2.06 bits per heavy atom. The van der Waals surface area contributed by atoms with Crippen LogP contribution in [0.1, 0.15) is 11.1 Å². The van der Waals surface area contributed by atoms with E-state index in [2.05, 4.69) is 28.8 Å². The van der Waals surface area contributed by atoms with Gasteiger partial charge in [0.2, 0.25) is 5.91 Å². The van der Waals surface area contributed by atoms with Gasteiger partial charge in [-0.15, -0.1) is 0 Å². The standard InChI is InChI=1S/C14H19N3O/c18-14(13-9-15-6-7-16-13)17-8-5-11-3-1-2-4-12(11)10-17/h1-4,13,15-16H,5-10H2. The third kappa shape index (κ3) is 2.26. The second-order valence-electron chi connectivity index (χ2n) is 4.99. The molecular formula is C14H19N3O. The third-order valence-electron chi connectivity index (χ3n) is 3.78. The number of hydrogen-bond donors (Lipinski definition) is 2. The molecule has 2 aliphatic heterocycles. The molecule has 1 amide bonds. The minimum Gasteiger partial charge on any atom is -0.337 e. The maximum absolute atomic E-state index is 12.4. The van der Waals surface area contributed by atoms with Gasteiger partial charge in [-0.1, -0.05) is 24.3 Å².